The number of phenolic OH excluding ortho intramolecular Hbond substituents is 1. The van der Waals surface area contributed by atoms with Gasteiger partial charge in [0.25, 0.3) is 5.91 Å². The number of carbonyl (C=O) groups is 1. The molecule has 2 aliphatic rings. The molecule has 1 saturated heterocycles. The van der Waals surface area contributed by atoms with Gasteiger partial charge in [-0.1, -0.05) is 0 Å². The molecule has 7 heteroatoms. The molecule has 1 aromatic carbocycles. The molecule has 0 saturated carbocycles. The van der Waals surface area contributed by atoms with Crippen molar-refractivity contribution in [1.82, 2.24) is 9.80 Å². The molecule has 23 heavy (non-hydrogen) atoms. The van der Waals surface area contributed by atoms with E-state index in [9.17, 15) is 14.3 Å². The first-order valence-corrected chi connectivity index (χ1v) is 8.18. The summed E-state index contributed by atoms with van der Waals surface area (Å²) >= 11 is 1.30. The Labute approximate surface area is 138 Å². The van der Waals surface area contributed by atoms with Gasteiger partial charge in [0.15, 0.2) is 5.17 Å². The summed E-state index contributed by atoms with van der Waals surface area (Å²) in [5.41, 5.74) is 0.409. The van der Waals surface area contributed by atoms with Gasteiger partial charge in [0, 0.05) is 30.8 Å². The maximum absolute atomic E-state index is 13.0. The summed E-state index contributed by atoms with van der Waals surface area (Å²) in [6, 6.07) is 4.18. The number of hydrogen-bond acceptors (Lipinski definition) is 5. The van der Waals surface area contributed by atoms with Crippen molar-refractivity contribution < 1.29 is 14.3 Å². The Balaban J connectivity index is 1.74. The van der Waals surface area contributed by atoms with Gasteiger partial charge in [0.2, 0.25) is 0 Å². The van der Waals surface area contributed by atoms with E-state index in [0.717, 1.165) is 25.6 Å². The fourth-order valence-electron chi connectivity index (χ4n) is 2.65. The first-order chi connectivity index (χ1) is 10.9. The predicted octanol–water partition coefficient (Wildman–Crippen LogP) is 2.14. The first kappa shape index (κ1) is 16.0. The molecule has 3 rings (SSSR count). The molecule has 1 amide bonds. The second kappa shape index (κ2) is 6.33. The van der Waals surface area contributed by atoms with Gasteiger partial charge < -0.3 is 14.9 Å². The van der Waals surface area contributed by atoms with Crippen LogP contribution in [0.4, 0.5) is 4.39 Å². The van der Waals surface area contributed by atoms with Crippen molar-refractivity contribution in [3.8, 4) is 5.75 Å². The smallest absolute Gasteiger partial charge is 0.286 e. The monoisotopic (exact) mass is 335 g/mol. The highest BCUT2D eigenvalue weighted by Crippen LogP contribution is 2.33. The highest BCUT2D eigenvalue weighted by atomic mass is 32.2. The molecular weight excluding hydrogens is 317 g/mol. The molecule has 122 valence electrons. The number of likely N-dealkylation sites (N-methyl/N-ethyl adjacent to an activating group) is 1. The quantitative estimate of drug-likeness (QED) is 0.839. The number of benzene rings is 1. The lowest BCUT2D eigenvalue weighted by Gasteiger charge is -2.20. The number of rotatable bonds is 2. The van der Waals surface area contributed by atoms with E-state index >= 15 is 0 Å². The zero-order chi connectivity index (χ0) is 16.6. The molecule has 0 aromatic heterocycles. The SMILES string of the molecule is CN(C)[C@@H]1CCN(C2=NC(=O)/C(=C/c3ccc(F)cc3O)S2)C1. The molecule has 5 nitrogen and oxygen atoms in total. The number of phenols is 1. The van der Waals surface area contributed by atoms with Crippen LogP contribution in [0.5, 0.6) is 5.75 Å². The van der Waals surface area contributed by atoms with Crippen molar-refractivity contribution in [2.24, 2.45) is 4.99 Å². The van der Waals surface area contributed by atoms with E-state index < -0.39 is 5.82 Å². The minimum absolute atomic E-state index is 0.187. The summed E-state index contributed by atoms with van der Waals surface area (Å²) in [5.74, 6) is -1.02. The number of thioether (sulfide) groups is 1. The number of carbonyl (C=O) groups excluding carboxylic acids is 1. The Bertz CT molecular complexity index is 703. The van der Waals surface area contributed by atoms with E-state index in [0.29, 0.717) is 21.7 Å². The summed E-state index contributed by atoms with van der Waals surface area (Å²) in [7, 11) is 4.09. The van der Waals surface area contributed by atoms with Gasteiger partial charge in [-0.25, -0.2) is 4.39 Å². The van der Waals surface area contributed by atoms with E-state index in [-0.39, 0.29) is 11.7 Å². The Hall–Kier alpha value is -1.86. The third-order valence-corrected chi connectivity index (χ3v) is 5.10. The molecule has 0 unspecified atom stereocenters. The molecule has 0 radical (unpaired) electrons. The Morgan fingerprint density at radius 1 is 1.48 bits per heavy atom. The lowest BCUT2D eigenvalue weighted by molar-refractivity contribution is -0.113. The van der Waals surface area contributed by atoms with Crippen LogP contribution >= 0.6 is 11.8 Å². The third kappa shape index (κ3) is 3.40. The average molecular weight is 335 g/mol. The molecule has 2 aliphatic heterocycles. The summed E-state index contributed by atoms with van der Waals surface area (Å²) in [6.07, 6.45) is 2.59. The number of aliphatic imine (C=N–C) groups is 1. The standard InChI is InChI=1S/C16H18FN3O2S/c1-19(2)12-5-6-20(9-12)16-18-15(22)14(23-16)7-10-3-4-11(17)8-13(10)21/h3-4,7-8,12,21H,5-6,9H2,1-2H3/b14-7-/t12-/m1/s1. The largest absolute Gasteiger partial charge is 0.507 e. The maximum atomic E-state index is 13.0. The van der Waals surface area contributed by atoms with Crippen molar-refractivity contribution in [3.05, 3.63) is 34.5 Å². The number of halogens is 1. The minimum Gasteiger partial charge on any atom is -0.507 e. The highest BCUT2D eigenvalue weighted by molar-refractivity contribution is 8.18. The second-order valence-corrected chi connectivity index (χ2v) is 6.87. The van der Waals surface area contributed by atoms with Crippen LogP contribution in [0.1, 0.15) is 12.0 Å². The van der Waals surface area contributed by atoms with E-state index in [1.54, 1.807) is 6.08 Å². The number of likely N-dealkylation sites (tertiary alicyclic amines) is 1. The van der Waals surface area contributed by atoms with Gasteiger partial charge in [0.1, 0.15) is 11.6 Å². The van der Waals surface area contributed by atoms with Crippen LogP contribution in [0.3, 0.4) is 0 Å². The number of amides is 1. The molecule has 2 heterocycles. The summed E-state index contributed by atoms with van der Waals surface area (Å²) in [5, 5.41) is 10.5. The van der Waals surface area contributed by atoms with Crippen molar-refractivity contribution >= 4 is 28.9 Å². The maximum Gasteiger partial charge on any atom is 0.286 e. The van der Waals surface area contributed by atoms with Crippen molar-refractivity contribution in [3.63, 3.8) is 0 Å². The summed E-state index contributed by atoms with van der Waals surface area (Å²) < 4.78 is 13.0. The molecule has 0 aliphatic carbocycles. The van der Waals surface area contributed by atoms with E-state index in [1.165, 1.54) is 23.9 Å². The zero-order valence-corrected chi connectivity index (χ0v) is 13.8. The lowest BCUT2D eigenvalue weighted by atomic mass is 10.2. The van der Waals surface area contributed by atoms with Crippen LogP contribution in [-0.4, -0.2) is 59.2 Å². The highest BCUT2D eigenvalue weighted by Gasteiger charge is 2.32. The molecule has 1 aromatic rings. The summed E-state index contributed by atoms with van der Waals surface area (Å²) in [4.78, 5) is 20.9. The average Bonchev–Trinajstić information content (AvgIpc) is 3.09. The van der Waals surface area contributed by atoms with Crippen LogP contribution in [-0.2, 0) is 4.79 Å². The fraction of sp³-hybridized carbons (Fsp3) is 0.375. The normalized spacial score (nSPS) is 23.2. The number of aromatic hydroxyl groups is 1. The topological polar surface area (TPSA) is 56.1 Å². The molecule has 0 spiro atoms. The van der Waals surface area contributed by atoms with Gasteiger partial charge in [-0.05, 0) is 50.5 Å². The Morgan fingerprint density at radius 3 is 2.91 bits per heavy atom. The van der Waals surface area contributed by atoms with Crippen molar-refractivity contribution in [2.45, 2.75) is 12.5 Å². The minimum atomic E-state index is -0.515. The van der Waals surface area contributed by atoms with E-state index in [1.807, 2.05) is 14.1 Å². The van der Waals surface area contributed by atoms with Crippen LogP contribution in [0, 0.1) is 5.82 Å². The fourth-order valence-corrected chi connectivity index (χ4v) is 3.59. The van der Waals surface area contributed by atoms with Gasteiger partial charge in [-0.3, -0.25) is 4.79 Å². The van der Waals surface area contributed by atoms with Crippen molar-refractivity contribution in [1.29, 1.82) is 0 Å². The number of hydrogen-bond donors (Lipinski definition) is 1. The van der Waals surface area contributed by atoms with Gasteiger partial charge in [-0.15, -0.1) is 0 Å². The molecular formula is C16H18FN3O2S. The Kier molecular flexibility index (Phi) is 4.41. The molecule has 1 N–H and O–H groups in total. The second-order valence-electron chi connectivity index (χ2n) is 5.87. The van der Waals surface area contributed by atoms with Crippen LogP contribution in [0.25, 0.3) is 6.08 Å². The van der Waals surface area contributed by atoms with Crippen LogP contribution in [0.2, 0.25) is 0 Å². The number of amidine groups is 1. The first-order valence-electron chi connectivity index (χ1n) is 7.36. The lowest BCUT2D eigenvalue weighted by Crippen LogP contribution is -2.33. The van der Waals surface area contributed by atoms with Gasteiger partial charge in [0.05, 0.1) is 4.91 Å². The number of nitrogens with zero attached hydrogens (tertiary/aromatic N) is 3. The van der Waals surface area contributed by atoms with E-state index in [2.05, 4.69) is 14.8 Å². The van der Waals surface area contributed by atoms with Crippen LogP contribution < -0.4 is 0 Å². The Morgan fingerprint density at radius 2 is 2.26 bits per heavy atom. The molecule has 0 bridgehead atoms. The predicted molar refractivity (Wildman–Crippen MR) is 89.7 cm³/mol. The van der Waals surface area contributed by atoms with Crippen LogP contribution in [0.15, 0.2) is 28.1 Å². The molecule has 1 fully saturated rings. The van der Waals surface area contributed by atoms with Crippen molar-refractivity contribution in [2.75, 3.05) is 27.2 Å². The third-order valence-electron chi connectivity index (χ3n) is 4.05. The van der Waals surface area contributed by atoms with Gasteiger partial charge >= 0.3 is 0 Å². The zero-order valence-electron chi connectivity index (χ0n) is 13.0. The van der Waals surface area contributed by atoms with Gasteiger partial charge in [-0.2, -0.15) is 4.99 Å². The molecule has 1 atom stereocenters. The summed E-state index contributed by atoms with van der Waals surface area (Å²) in [6.45, 7) is 1.72. The van der Waals surface area contributed by atoms with E-state index in [4.69, 9.17) is 0 Å².